The molecule has 1 unspecified atom stereocenters. The molecule has 3 rings (SSSR count). The smallest absolute Gasteiger partial charge is 0.237 e. The summed E-state index contributed by atoms with van der Waals surface area (Å²) in [5.74, 6) is -0.0911. The highest BCUT2D eigenvalue weighted by atomic mass is 35.5. The minimum absolute atomic E-state index is 0.0159. The van der Waals surface area contributed by atoms with E-state index in [1.165, 1.54) is 18.7 Å². The van der Waals surface area contributed by atoms with E-state index in [-0.39, 0.29) is 16.9 Å². The molecule has 0 aliphatic heterocycles. The molecule has 3 aromatic carbocycles. The van der Waals surface area contributed by atoms with Crippen molar-refractivity contribution < 1.29 is 9.59 Å². The second kappa shape index (κ2) is 11.3. The maximum absolute atomic E-state index is 12.6. The van der Waals surface area contributed by atoms with Crippen LogP contribution in [0.2, 0.25) is 5.02 Å². The Morgan fingerprint density at radius 1 is 0.909 bits per heavy atom. The molecule has 0 radical (unpaired) electrons. The number of benzene rings is 3. The van der Waals surface area contributed by atoms with Gasteiger partial charge in [-0.25, -0.2) is 0 Å². The number of thiocarbonyl (C=S) groups is 1. The number of carbonyl (C=O) groups is 2. The summed E-state index contributed by atoms with van der Waals surface area (Å²) in [7, 11) is 0. The Balaban J connectivity index is 1.56. The van der Waals surface area contributed by atoms with Crippen molar-refractivity contribution in [3.8, 4) is 0 Å². The highest BCUT2D eigenvalue weighted by Gasteiger charge is 2.15. The van der Waals surface area contributed by atoms with Crippen molar-refractivity contribution in [3.05, 3.63) is 82.9 Å². The third-order valence-electron chi connectivity index (χ3n) is 4.76. The van der Waals surface area contributed by atoms with Crippen LogP contribution in [0.1, 0.15) is 29.8 Å². The van der Waals surface area contributed by atoms with E-state index in [1.807, 2.05) is 50.2 Å². The number of carbonyl (C=O) groups excluding carboxylic acids is 2. The summed E-state index contributed by atoms with van der Waals surface area (Å²) in [4.78, 5) is 24.9. The van der Waals surface area contributed by atoms with Gasteiger partial charge in [-0.05, 0) is 93.1 Å². The number of ketones is 1. The van der Waals surface area contributed by atoms with Crippen LogP contribution in [-0.2, 0) is 4.79 Å². The molecule has 0 heterocycles. The predicted molar refractivity (Wildman–Crippen MR) is 143 cm³/mol. The van der Waals surface area contributed by atoms with E-state index in [0.29, 0.717) is 21.4 Å². The van der Waals surface area contributed by atoms with Gasteiger partial charge in [0.05, 0.1) is 5.25 Å². The topological polar surface area (TPSA) is 70.2 Å². The first-order chi connectivity index (χ1) is 15.7. The molecule has 0 aliphatic carbocycles. The third kappa shape index (κ3) is 7.32. The van der Waals surface area contributed by atoms with Gasteiger partial charge in [0.25, 0.3) is 0 Å². The molecule has 0 saturated carbocycles. The van der Waals surface area contributed by atoms with Crippen LogP contribution in [0.5, 0.6) is 0 Å². The molecule has 1 atom stereocenters. The van der Waals surface area contributed by atoms with Gasteiger partial charge in [-0.1, -0.05) is 23.7 Å². The van der Waals surface area contributed by atoms with Gasteiger partial charge in [0, 0.05) is 32.5 Å². The average Bonchev–Trinajstić information content (AvgIpc) is 2.76. The van der Waals surface area contributed by atoms with Crippen LogP contribution >= 0.6 is 35.6 Å². The average molecular weight is 498 g/mol. The number of Topliss-reactive ketones (excluding diaryl/α,β-unsaturated/α-hetero) is 1. The zero-order valence-electron chi connectivity index (χ0n) is 18.4. The van der Waals surface area contributed by atoms with Crippen molar-refractivity contribution >= 4 is 69.4 Å². The van der Waals surface area contributed by atoms with Crippen LogP contribution in [0.3, 0.4) is 0 Å². The van der Waals surface area contributed by atoms with E-state index >= 15 is 0 Å². The number of rotatable bonds is 7. The molecule has 5 nitrogen and oxygen atoms in total. The van der Waals surface area contributed by atoms with E-state index in [9.17, 15) is 9.59 Å². The zero-order valence-corrected chi connectivity index (χ0v) is 20.8. The lowest BCUT2D eigenvalue weighted by atomic mass is 10.1. The fraction of sp³-hybridized carbons (Fsp3) is 0.160. The molecular weight excluding hydrogens is 474 g/mol. The summed E-state index contributed by atoms with van der Waals surface area (Å²) < 4.78 is 0. The standard InChI is InChI=1S/C25H24ClN3O2S2/c1-15-7-10-21(14-23(15)26)27-24(31)17(3)33-22-6-4-5-20(13-22)29-25(32)28-19-11-8-18(9-12-19)16(2)30/h4-14,17H,1-3H3,(H,27,31)(H2,28,29,32). The summed E-state index contributed by atoms with van der Waals surface area (Å²) in [6.45, 7) is 5.30. The number of halogens is 1. The van der Waals surface area contributed by atoms with Crippen LogP contribution in [0.15, 0.2) is 71.6 Å². The van der Waals surface area contributed by atoms with Crippen molar-refractivity contribution in [1.29, 1.82) is 0 Å². The lowest BCUT2D eigenvalue weighted by Gasteiger charge is -2.14. The number of thioether (sulfide) groups is 1. The molecular formula is C25H24ClN3O2S2. The predicted octanol–water partition coefficient (Wildman–Crippen LogP) is 6.78. The van der Waals surface area contributed by atoms with Crippen LogP contribution < -0.4 is 16.0 Å². The summed E-state index contributed by atoms with van der Waals surface area (Å²) in [6.07, 6.45) is 0. The van der Waals surface area contributed by atoms with E-state index in [1.54, 1.807) is 30.3 Å². The number of hydrogen-bond donors (Lipinski definition) is 3. The maximum Gasteiger partial charge on any atom is 0.237 e. The molecule has 1 amide bonds. The molecule has 3 aromatic rings. The molecule has 0 aromatic heterocycles. The molecule has 0 saturated heterocycles. The Hall–Kier alpha value is -2.87. The quantitative estimate of drug-likeness (QED) is 0.190. The summed E-state index contributed by atoms with van der Waals surface area (Å²) in [5, 5.41) is 9.88. The number of hydrogen-bond acceptors (Lipinski definition) is 4. The van der Waals surface area contributed by atoms with Gasteiger partial charge in [0.2, 0.25) is 5.91 Å². The molecule has 33 heavy (non-hydrogen) atoms. The lowest BCUT2D eigenvalue weighted by molar-refractivity contribution is -0.115. The Bertz CT molecular complexity index is 1180. The van der Waals surface area contributed by atoms with Gasteiger partial charge in [-0.3, -0.25) is 9.59 Å². The summed E-state index contributed by atoms with van der Waals surface area (Å²) in [5.41, 5.74) is 3.86. The van der Waals surface area contributed by atoms with E-state index in [2.05, 4.69) is 16.0 Å². The molecule has 8 heteroatoms. The van der Waals surface area contributed by atoms with E-state index in [4.69, 9.17) is 23.8 Å². The first kappa shape index (κ1) is 24.8. The van der Waals surface area contributed by atoms with E-state index in [0.717, 1.165) is 21.8 Å². The van der Waals surface area contributed by atoms with Crippen LogP contribution in [0.25, 0.3) is 0 Å². The van der Waals surface area contributed by atoms with Crippen molar-refractivity contribution in [2.24, 2.45) is 0 Å². The minimum atomic E-state index is -0.315. The Kier molecular flexibility index (Phi) is 8.49. The Morgan fingerprint density at radius 3 is 2.21 bits per heavy atom. The van der Waals surface area contributed by atoms with Gasteiger partial charge >= 0.3 is 0 Å². The first-order valence-electron chi connectivity index (χ1n) is 10.2. The highest BCUT2D eigenvalue weighted by molar-refractivity contribution is 8.00. The van der Waals surface area contributed by atoms with Crippen LogP contribution in [-0.4, -0.2) is 22.1 Å². The van der Waals surface area contributed by atoms with Gasteiger partial charge in [-0.15, -0.1) is 11.8 Å². The van der Waals surface area contributed by atoms with Crippen molar-refractivity contribution in [1.82, 2.24) is 0 Å². The number of amides is 1. The number of nitrogens with one attached hydrogen (secondary N) is 3. The number of aryl methyl sites for hydroxylation is 1. The molecule has 0 spiro atoms. The molecule has 0 aliphatic rings. The largest absolute Gasteiger partial charge is 0.332 e. The monoisotopic (exact) mass is 497 g/mol. The van der Waals surface area contributed by atoms with Gasteiger partial charge in [0.15, 0.2) is 10.9 Å². The van der Waals surface area contributed by atoms with Crippen molar-refractivity contribution in [3.63, 3.8) is 0 Å². The lowest BCUT2D eigenvalue weighted by Crippen LogP contribution is -2.22. The minimum Gasteiger partial charge on any atom is -0.332 e. The second-order valence-corrected chi connectivity index (χ2v) is 9.68. The SMILES string of the molecule is CC(=O)c1ccc(NC(=S)Nc2cccc(SC(C)C(=O)Nc3ccc(C)c(Cl)c3)c2)cc1. The molecule has 0 bridgehead atoms. The maximum atomic E-state index is 12.6. The third-order valence-corrected chi connectivity index (χ3v) is 6.47. The molecule has 3 N–H and O–H groups in total. The fourth-order valence-electron chi connectivity index (χ4n) is 2.90. The van der Waals surface area contributed by atoms with Crippen LogP contribution in [0.4, 0.5) is 17.1 Å². The van der Waals surface area contributed by atoms with Crippen molar-refractivity contribution in [2.75, 3.05) is 16.0 Å². The van der Waals surface area contributed by atoms with Gasteiger partial charge in [-0.2, -0.15) is 0 Å². The van der Waals surface area contributed by atoms with E-state index < -0.39 is 0 Å². The summed E-state index contributed by atoms with van der Waals surface area (Å²) >= 11 is 13.0. The molecule has 170 valence electrons. The highest BCUT2D eigenvalue weighted by Crippen LogP contribution is 2.27. The van der Waals surface area contributed by atoms with Crippen LogP contribution in [0, 0.1) is 6.92 Å². The first-order valence-corrected chi connectivity index (χ1v) is 11.9. The fourth-order valence-corrected chi connectivity index (χ4v) is 4.24. The molecule has 0 fully saturated rings. The summed E-state index contributed by atoms with van der Waals surface area (Å²) in [6, 6.07) is 20.2. The van der Waals surface area contributed by atoms with Gasteiger partial charge < -0.3 is 16.0 Å². The second-order valence-electron chi connectivity index (χ2n) is 7.45. The van der Waals surface area contributed by atoms with Gasteiger partial charge in [0.1, 0.15) is 0 Å². The Morgan fingerprint density at radius 2 is 1.55 bits per heavy atom. The Labute approximate surface area is 208 Å². The number of anilines is 3. The zero-order chi connectivity index (χ0) is 24.0. The van der Waals surface area contributed by atoms with Crippen molar-refractivity contribution in [2.45, 2.75) is 30.9 Å². The normalized spacial score (nSPS) is 11.4.